The van der Waals surface area contributed by atoms with Gasteiger partial charge in [0, 0.05) is 16.6 Å². The second kappa shape index (κ2) is 8.09. The molecule has 0 radical (unpaired) electrons. The lowest BCUT2D eigenvalue weighted by Gasteiger charge is -2.33. The molecule has 2 aromatic carbocycles. The Kier molecular flexibility index (Phi) is 5.84. The number of amides is 1. The highest BCUT2D eigenvalue weighted by Crippen LogP contribution is 2.29. The van der Waals surface area contributed by atoms with Crippen molar-refractivity contribution < 1.29 is 14.3 Å². The first-order chi connectivity index (χ1) is 12.1. The van der Waals surface area contributed by atoms with Gasteiger partial charge in [0.2, 0.25) is 0 Å². The normalized spacial score (nSPS) is 17.4. The fourth-order valence-electron chi connectivity index (χ4n) is 2.89. The molecule has 1 amide bonds. The number of rotatable bonds is 4. The molecule has 25 heavy (non-hydrogen) atoms. The molecule has 1 fully saturated rings. The Morgan fingerprint density at radius 2 is 1.96 bits per heavy atom. The highest BCUT2D eigenvalue weighted by atomic mass is 35.5. The molecule has 1 aliphatic heterocycles. The van der Waals surface area contributed by atoms with Crippen LogP contribution in [0.1, 0.15) is 28.9 Å². The predicted octanol–water partition coefficient (Wildman–Crippen LogP) is 4.61. The van der Waals surface area contributed by atoms with E-state index in [1.165, 1.54) is 0 Å². The van der Waals surface area contributed by atoms with Gasteiger partial charge in [0.15, 0.2) is 0 Å². The molecule has 0 aliphatic carbocycles. The molecule has 1 heterocycles. The van der Waals surface area contributed by atoms with Crippen LogP contribution >= 0.6 is 23.2 Å². The molecule has 6 heteroatoms. The minimum absolute atomic E-state index is 0.0644. The summed E-state index contributed by atoms with van der Waals surface area (Å²) in [5, 5.41) is 1.10. The monoisotopic (exact) mass is 379 g/mol. The third-order valence-corrected chi connectivity index (χ3v) is 4.46. The van der Waals surface area contributed by atoms with E-state index in [2.05, 4.69) is 0 Å². The molecule has 0 bridgehead atoms. The van der Waals surface area contributed by atoms with Crippen molar-refractivity contribution in [2.45, 2.75) is 13.0 Å². The van der Waals surface area contributed by atoms with Crippen molar-refractivity contribution in [2.75, 3.05) is 26.3 Å². The van der Waals surface area contributed by atoms with Crippen LogP contribution in [0.5, 0.6) is 5.75 Å². The van der Waals surface area contributed by atoms with E-state index in [9.17, 15) is 4.79 Å². The maximum atomic E-state index is 12.9. The zero-order valence-electron chi connectivity index (χ0n) is 13.9. The predicted molar refractivity (Wildman–Crippen MR) is 98.7 cm³/mol. The van der Waals surface area contributed by atoms with E-state index in [-0.39, 0.29) is 12.0 Å². The average Bonchev–Trinajstić information content (AvgIpc) is 2.61. The Morgan fingerprint density at radius 1 is 1.24 bits per heavy atom. The standard InChI is InChI=1S/C19H19Cl2NO3/c1-2-24-17-6-4-3-5-16(17)19(23)22-7-8-25-18(12-22)13-9-14(20)11-15(21)10-13/h3-6,9-11,18H,2,7-8,12H2,1H3. The average molecular weight is 380 g/mol. The molecule has 3 rings (SSSR count). The van der Waals surface area contributed by atoms with Gasteiger partial charge in [-0.25, -0.2) is 0 Å². The van der Waals surface area contributed by atoms with Gasteiger partial charge < -0.3 is 14.4 Å². The minimum atomic E-state index is -0.256. The van der Waals surface area contributed by atoms with Gasteiger partial charge in [-0.3, -0.25) is 4.79 Å². The highest BCUT2D eigenvalue weighted by molar-refractivity contribution is 6.34. The first kappa shape index (κ1) is 18.1. The lowest BCUT2D eigenvalue weighted by atomic mass is 10.1. The lowest BCUT2D eigenvalue weighted by molar-refractivity contribution is -0.0229. The smallest absolute Gasteiger partial charge is 0.257 e. The topological polar surface area (TPSA) is 38.8 Å². The number of benzene rings is 2. The van der Waals surface area contributed by atoms with Crippen LogP contribution in [0.3, 0.4) is 0 Å². The van der Waals surface area contributed by atoms with Crippen LogP contribution in [0.4, 0.5) is 0 Å². The van der Waals surface area contributed by atoms with Crippen molar-refractivity contribution in [1.82, 2.24) is 4.90 Å². The van der Waals surface area contributed by atoms with E-state index in [1.807, 2.05) is 37.3 Å². The fourth-order valence-corrected chi connectivity index (χ4v) is 3.43. The highest BCUT2D eigenvalue weighted by Gasteiger charge is 2.28. The molecule has 2 aromatic rings. The number of nitrogens with zero attached hydrogens (tertiary/aromatic N) is 1. The van der Waals surface area contributed by atoms with Gasteiger partial charge in [0.1, 0.15) is 11.9 Å². The van der Waals surface area contributed by atoms with Gasteiger partial charge in [-0.15, -0.1) is 0 Å². The molecule has 0 spiro atoms. The molecule has 0 saturated carbocycles. The number of morpholine rings is 1. The summed E-state index contributed by atoms with van der Waals surface area (Å²) in [4.78, 5) is 14.7. The largest absolute Gasteiger partial charge is 0.493 e. The molecular weight excluding hydrogens is 361 g/mol. The molecular formula is C19H19Cl2NO3. The number of ether oxygens (including phenoxy) is 2. The summed E-state index contributed by atoms with van der Waals surface area (Å²) in [7, 11) is 0. The van der Waals surface area contributed by atoms with Crippen molar-refractivity contribution in [3.8, 4) is 5.75 Å². The Balaban J connectivity index is 1.80. The zero-order chi connectivity index (χ0) is 17.8. The molecule has 1 saturated heterocycles. The number of para-hydroxylation sites is 1. The summed E-state index contributed by atoms with van der Waals surface area (Å²) in [5.74, 6) is 0.536. The van der Waals surface area contributed by atoms with Gasteiger partial charge in [-0.2, -0.15) is 0 Å². The number of hydrogen-bond donors (Lipinski definition) is 0. The molecule has 1 unspecified atom stereocenters. The van der Waals surface area contributed by atoms with Crippen molar-refractivity contribution in [3.05, 3.63) is 63.6 Å². The van der Waals surface area contributed by atoms with Gasteiger partial charge in [-0.05, 0) is 42.8 Å². The van der Waals surface area contributed by atoms with E-state index >= 15 is 0 Å². The molecule has 0 N–H and O–H groups in total. The summed E-state index contributed by atoms with van der Waals surface area (Å²) >= 11 is 12.2. The molecule has 4 nitrogen and oxygen atoms in total. The van der Waals surface area contributed by atoms with Crippen molar-refractivity contribution in [2.24, 2.45) is 0 Å². The summed E-state index contributed by atoms with van der Waals surface area (Å²) in [6.07, 6.45) is -0.256. The van der Waals surface area contributed by atoms with Crippen molar-refractivity contribution in [1.29, 1.82) is 0 Å². The van der Waals surface area contributed by atoms with Crippen LogP contribution < -0.4 is 4.74 Å². The third kappa shape index (κ3) is 4.27. The van der Waals surface area contributed by atoms with E-state index in [1.54, 1.807) is 17.0 Å². The Bertz CT molecular complexity index is 746. The van der Waals surface area contributed by atoms with Gasteiger partial charge in [0.05, 0.1) is 25.3 Å². The summed E-state index contributed by atoms with van der Waals surface area (Å²) in [5.41, 5.74) is 1.43. The minimum Gasteiger partial charge on any atom is -0.493 e. The number of hydrogen-bond acceptors (Lipinski definition) is 3. The van der Waals surface area contributed by atoms with Crippen LogP contribution in [0, 0.1) is 0 Å². The quantitative estimate of drug-likeness (QED) is 0.778. The van der Waals surface area contributed by atoms with Crippen LogP contribution in [-0.2, 0) is 4.74 Å². The van der Waals surface area contributed by atoms with Crippen LogP contribution in [-0.4, -0.2) is 37.1 Å². The maximum Gasteiger partial charge on any atom is 0.257 e. The van der Waals surface area contributed by atoms with Crippen LogP contribution in [0.2, 0.25) is 10.0 Å². The first-order valence-electron chi connectivity index (χ1n) is 8.17. The molecule has 1 atom stereocenters. The first-order valence-corrected chi connectivity index (χ1v) is 8.92. The van der Waals surface area contributed by atoms with Crippen LogP contribution in [0.25, 0.3) is 0 Å². The third-order valence-electron chi connectivity index (χ3n) is 4.03. The Labute approximate surface area is 157 Å². The molecule has 132 valence electrons. The van der Waals surface area contributed by atoms with Crippen LogP contribution in [0.15, 0.2) is 42.5 Å². The van der Waals surface area contributed by atoms with Gasteiger partial charge >= 0.3 is 0 Å². The Hall–Kier alpha value is -1.75. The van der Waals surface area contributed by atoms with E-state index in [0.717, 1.165) is 5.56 Å². The maximum absolute atomic E-state index is 12.9. The lowest BCUT2D eigenvalue weighted by Crippen LogP contribution is -2.42. The summed E-state index contributed by atoms with van der Waals surface area (Å²) < 4.78 is 11.4. The fraction of sp³-hybridized carbons (Fsp3) is 0.316. The van der Waals surface area contributed by atoms with Crippen molar-refractivity contribution >= 4 is 29.1 Å². The SMILES string of the molecule is CCOc1ccccc1C(=O)N1CCOC(c2cc(Cl)cc(Cl)c2)C1. The summed E-state index contributed by atoms with van der Waals surface area (Å²) in [6, 6.07) is 12.6. The van der Waals surface area contributed by atoms with E-state index < -0.39 is 0 Å². The number of carbonyl (C=O) groups is 1. The second-order valence-corrected chi connectivity index (χ2v) is 6.62. The van der Waals surface area contributed by atoms with Crippen molar-refractivity contribution in [3.63, 3.8) is 0 Å². The number of carbonyl (C=O) groups excluding carboxylic acids is 1. The van der Waals surface area contributed by atoms with E-state index in [4.69, 9.17) is 32.7 Å². The number of halogens is 2. The summed E-state index contributed by atoms with van der Waals surface area (Å²) in [6.45, 7) is 3.84. The Morgan fingerprint density at radius 3 is 2.68 bits per heavy atom. The molecule has 0 aromatic heterocycles. The zero-order valence-corrected chi connectivity index (χ0v) is 15.4. The van der Waals surface area contributed by atoms with E-state index in [0.29, 0.717) is 47.7 Å². The van der Waals surface area contributed by atoms with Gasteiger partial charge in [0.25, 0.3) is 5.91 Å². The second-order valence-electron chi connectivity index (χ2n) is 5.74. The molecule has 1 aliphatic rings. The van der Waals surface area contributed by atoms with Gasteiger partial charge in [-0.1, -0.05) is 35.3 Å².